The summed E-state index contributed by atoms with van der Waals surface area (Å²) in [7, 11) is 0. The van der Waals surface area contributed by atoms with Crippen molar-refractivity contribution in [3.05, 3.63) is 82.4 Å². The van der Waals surface area contributed by atoms with E-state index in [2.05, 4.69) is 10.4 Å². The van der Waals surface area contributed by atoms with Crippen molar-refractivity contribution in [1.29, 1.82) is 0 Å². The van der Waals surface area contributed by atoms with Gasteiger partial charge in [-0.3, -0.25) is 9.59 Å². The summed E-state index contributed by atoms with van der Waals surface area (Å²) in [4.78, 5) is 26.5. The van der Waals surface area contributed by atoms with Gasteiger partial charge < -0.3 is 10.1 Å². The summed E-state index contributed by atoms with van der Waals surface area (Å²) in [6.45, 7) is 2.05. The number of amides is 1. The Labute approximate surface area is 224 Å². The Bertz CT molecular complexity index is 1440. The molecular formula is C30H30F3N3O3. The highest BCUT2D eigenvalue weighted by Crippen LogP contribution is 2.49. The highest BCUT2D eigenvalue weighted by Gasteiger charge is 2.52. The Morgan fingerprint density at radius 2 is 1.85 bits per heavy atom. The van der Waals surface area contributed by atoms with Gasteiger partial charge in [-0.2, -0.15) is 5.10 Å². The maximum absolute atomic E-state index is 15.0. The third kappa shape index (κ3) is 4.61. The molecule has 6 nitrogen and oxygen atoms in total. The van der Waals surface area contributed by atoms with Crippen molar-refractivity contribution < 1.29 is 27.5 Å². The van der Waals surface area contributed by atoms with Crippen LogP contribution in [-0.2, 0) is 22.4 Å². The number of carbonyl (C=O) groups is 2. The van der Waals surface area contributed by atoms with Gasteiger partial charge in [0.25, 0.3) is 5.91 Å². The molecule has 1 amide bonds. The van der Waals surface area contributed by atoms with Crippen LogP contribution in [0.3, 0.4) is 0 Å². The van der Waals surface area contributed by atoms with Crippen LogP contribution in [0.15, 0.2) is 42.5 Å². The summed E-state index contributed by atoms with van der Waals surface area (Å²) < 4.78 is 49.3. The number of hydrogen-bond acceptors (Lipinski definition) is 4. The highest BCUT2D eigenvalue weighted by atomic mass is 19.1. The Balaban J connectivity index is 1.36. The Kier molecular flexibility index (Phi) is 6.69. The molecule has 0 spiro atoms. The summed E-state index contributed by atoms with van der Waals surface area (Å²) in [5, 5.41) is 7.65. The number of fused-ring (bicyclic) bond motifs is 3. The van der Waals surface area contributed by atoms with E-state index in [1.165, 1.54) is 22.9 Å². The predicted octanol–water partition coefficient (Wildman–Crippen LogP) is 5.27. The van der Waals surface area contributed by atoms with Crippen molar-refractivity contribution in [1.82, 2.24) is 15.1 Å². The molecule has 0 saturated heterocycles. The number of ether oxygens (including phenoxy) is 1. The molecule has 3 aliphatic carbocycles. The van der Waals surface area contributed by atoms with E-state index in [1.807, 2.05) is 6.07 Å². The molecule has 204 valence electrons. The summed E-state index contributed by atoms with van der Waals surface area (Å²) in [6.07, 6.45) is 4.45. The molecule has 2 fully saturated rings. The van der Waals surface area contributed by atoms with Gasteiger partial charge in [-0.15, -0.1) is 0 Å². The molecular weight excluding hydrogens is 507 g/mol. The third-order valence-electron chi connectivity index (χ3n) is 8.65. The molecule has 0 aliphatic heterocycles. The van der Waals surface area contributed by atoms with E-state index >= 15 is 0 Å². The maximum atomic E-state index is 15.0. The SMILES string of the molecule is CCOC(=O)[C@@H]1C2CCC(C2)[C@@H]1NC(=O)c1nn(-c2ccc(F)cc2F)c2c1CCC2Cc1cccc(F)c1. The van der Waals surface area contributed by atoms with Gasteiger partial charge in [0.15, 0.2) is 11.5 Å². The molecule has 9 heteroatoms. The van der Waals surface area contributed by atoms with E-state index in [4.69, 9.17) is 4.74 Å². The molecule has 1 aromatic heterocycles. The number of hydrogen-bond donors (Lipinski definition) is 1. The van der Waals surface area contributed by atoms with Crippen LogP contribution >= 0.6 is 0 Å². The molecule has 3 unspecified atom stereocenters. The Morgan fingerprint density at radius 1 is 1.05 bits per heavy atom. The molecule has 3 aromatic rings. The van der Waals surface area contributed by atoms with Gasteiger partial charge in [-0.1, -0.05) is 12.1 Å². The second-order valence-electron chi connectivity index (χ2n) is 10.9. The molecule has 6 rings (SSSR count). The normalized spacial score (nSPS) is 25.1. The number of aromatic nitrogens is 2. The molecule has 5 atom stereocenters. The lowest BCUT2D eigenvalue weighted by molar-refractivity contribution is -0.150. The fraction of sp³-hybridized carbons (Fsp3) is 0.433. The lowest BCUT2D eigenvalue weighted by atomic mass is 9.84. The van der Waals surface area contributed by atoms with E-state index in [-0.39, 0.29) is 53.6 Å². The largest absolute Gasteiger partial charge is 0.466 e. The zero-order valence-corrected chi connectivity index (χ0v) is 21.6. The van der Waals surface area contributed by atoms with Crippen LogP contribution in [0, 0.1) is 35.2 Å². The van der Waals surface area contributed by atoms with Gasteiger partial charge in [0.2, 0.25) is 0 Å². The first-order valence-electron chi connectivity index (χ1n) is 13.6. The molecule has 1 N–H and O–H groups in total. The van der Waals surface area contributed by atoms with Crippen molar-refractivity contribution in [2.45, 2.75) is 57.4 Å². The number of nitrogens with one attached hydrogen (secondary N) is 1. The quantitative estimate of drug-likeness (QED) is 0.417. The fourth-order valence-electron chi connectivity index (χ4n) is 7.05. The second kappa shape index (κ2) is 10.2. The van der Waals surface area contributed by atoms with Gasteiger partial charge in [0.1, 0.15) is 17.3 Å². The molecule has 1 heterocycles. The van der Waals surface area contributed by atoms with Crippen LogP contribution in [0.5, 0.6) is 0 Å². The minimum Gasteiger partial charge on any atom is -0.466 e. The second-order valence-corrected chi connectivity index (χ2v) is 10.9. The van der Waals surface area contributed by atoms with Crippen LogP contribution in [0.1, 0.15) is 65.8 Å². The average Bonchev–Trinajstić information content (AvgIpc) is 3.67. The zero-order valence-electron chi connectivity index (χ0n) is 21.6. The summed E-state index contributed by atoms with van der Waals surface area (Å²) in [6, 6.07) is 9.23. The van der Waals surface area contributed by atoms with Gasteiger partial charge in [0, 0.05) is 23.6 Å². The smallest absolute Gasteiger partial charge is 0.311 e. The van der Waals surface area contributed by atoms with Crippen LogP contribution in [-0.4, -0.2) is 34.3 Å². The Morgan fingerprint density at radius 3 is 2.62 bits per heavy atom. The standard InChI is InChI=1S/C30H30F3N3O3/c1-2-39-30(38)25-17-6-7-18(14-17)26(25)34-29(37)27-22-10-8-19(12-16-4-3-5-20(31)13-16)28(22)36(35-27)24-11-9-21(32)15-23(24)33/h3-5,9,11,13,15,17-19,25-26H,2,6-8,10,12,14H2,1H3,(H,34,37)/t17?,18?,19?,25-,26+/m1/s1. The molecule has 2 aromatic carbocycles. The maximum Gasteiger partial charge on any atom is 0.311 e. The van der Waals surface area contributed by atoms with E-state index in [9.17, 15) is 22.8 Å². The molecule has 39 heavy (non-hydrogen) atoms. The van der Waals surface area contributed by atoms with Crippen LogP contribution < -0.4 is 5.32 Å². The first-order chi connectivity index (χ1) is 18.8. The minimum atomic E-state index is -0.792. The van der Waals surface area contributed by atoms with Crippen molar-refractivity contribution in [3.8, 4) is 5.69 Å². The first-order valence-corrected chi connectivity index (χ1v) is 13.6. The number of carbonyl (C=O) groups excluding carboxylic acids is 2. The third-order valence-corrected chi connectivity index (χ3v) is 8.65. The number of halogens is 3. The van der Waals surface area contributed by atoms with Gasteiger partial charge in [-0.05, 0) is 87.1 Å². The topological polar surface area (TPSA) is 73.2 Å². The first kappa shape index (κ1) is 25.6. The summed E-state index contributed by atoms with van der Waals surface area (Å²) >= 11 is 0. The van der Waals surface area contributed by atoms with Crippen molar-refractivity contribution in [2.24, 2.45) is 17.8 Å². The monoisotopic (exact) mass is 537 g/mol. The number of nitrogens with zero attached hydrogens (tertiary/aromatic N) is 2. The Hall–Kier alpha value is -3.62. The molecule has 3 aliphatic rings. The molecule has 0 radical (unpaired) electrons. The number of rotatable bonds is 7. The lowest BCUT2D eigenvalue weighted by Crippen LogP contribution is -2.47. The number of esters is 1. The lowest BCUT2D eigenvalue weighted by Gasteiger charge is -2.30. The van der Waals surface area contributed by atoms with Crippen molar-refractivity contribution in [2.75, 3.05) is 6.61 Å². The van der Waals surface area contributed by atoms with Gasteiger partial charge in [0.05, 0.1) is 18.2 Å². The summed E-state index contributed by atoms with van der Waals surface area (Å²) in [5.41, 5.74) is 2.38. The predicted molar refractivity (Wildman–Crippen MR) is 137 cm³/mol. The minimum absolute atomic E-state index is 0.0437. The van der Waals surface area contributed by atoms with Crippen molar-refractivity contribution in [3.63, 3.8) is 0 Å². The van der Waals surface area contributed by atoms with E-state index in [0.29, 0.717) is 30.5 Å². The van der Waals surface area contributed by atoms with Crippen LogP contribution in [0.4, 0.5) is 13.2 Å². The molecule has 2 bridgehead atoms. The van der Waals surface area contributed by atoms with Gasteiger partial charge >= 0.3 is 5.97 Å². The van der Waals surface area contributed by atoms with E-state index < -0.39 is 23.5 Å². The summed E-state index contributed by atoms with van der Waals surface area (Å²) in [5.74, 6) is -2.70. The average molecular weight is 538 g/mol. The van der Waals surface area contributed by atoms with Crippen LogP contribution in [0.2, 0.25) is 0 Å². The van der Waals surface area contributed by atoms with Gasteiger partial charge in [-0.25, -0.2) is 17.9 Å². The van der Waals surface area contributed by atoms with E-state index in [1.54, 1.807) is 13.0 Å². The fourth-order valence-corrected chi connectivity index (χ4v) is 7.05. The number of benzene rings is 2. The molecule has 2 saturated carbocycles. The van der Waals surface area contributed by atoms with Crippen molar-refractivity contribution >= 4 is 11.9 Å². The highest BCUT2D eigenvalue weighted by molar-refractivity contribution is 5.95. The van der Waals surface area contributed by atoms with Crippen LogP contribution in [0.25, 0.3) is 5.69 Å². The zero-order chi connectivity index (χ0) is 27.3. The van der Waals surface area contributed by atoms with E-state index in [0.717, 1.165) is 37.0 Å².